The summed E-state index contributed by atoms with van der Waals surface area (Å²) in [5, 5.41) is 9.33. The summed E-state index contributed by atoms with van der Waals surface area (Å²) in [7, 11) is 0. The normalized spacial score (nSPS) is 22.7. The molecule has 3 atom stereocenters. The average molecular weight is 382 g/mol. The molecule has 0 aliphatic carbocycles. The van der Waals surface area contributed by atoms with E-state index in [9.17, 15) is 14.7 Å². The molecule has 126 valence electrons. The largest absolute Gasteiger partial charge is 0.481 e. The summed E-state index contributed by atoms with van der Waals surface area (Å²) < 4.78 is 1.01. The monoisotopic (exact) mass is 381 g/mol. The van der Waals surface area contributed by atoms with Gasteiger partial charge in [-0.2, -0.15) is 0 Å². The molecule has 1 aliphatic heterocycles. The molecule has 1 aromatic carbocycles. The van der Waals surface area contributed by atoms with Crippen LogP contribution in [0.2, 0.25) is 0 Å². The highest BCUT2D eigenvalue weighted by Gasteiger charge is 2.37. The quantitative estimate of drug-likeness (QED) is 0.844. The maximum absolute atomic E-state index is 12.9. The molecule has 1 N–H and O–H groups in total. The zero-order valence-corrected chi connectivity index (χ0v) is 15.3. The highest BCUT2D eigenvalue weighted by Crippen LogP contribution is 2.27. The number of carbonyl (C=O) groups is 2. The molecule has 1 fully saturated rings. The fourth-order valence-electron chi connectivity index (χ4n) is 3.37. The number of halogens is 1. The van der Waals surface area contributed by atoms with Crippen LogP contribution in [0.3, 0.4) is 0 Å². The standard InChI is InChI=1S/C18H24BrNO3/c1-3-14(10-13-6-4-7-15(19)11-13)17(21)20-9-5-8-16(12(20)2)18(22)23/h4,6-7,11-12,14,16H,3,5,8-10H2,1-2H3,(H,22,23)/t12-,14?,16-/m0/s1. The molecule has 2 rings (SSSR count). The van der Waals surface area contributed by atoms with E-state index in [0.717, 1.165) is 22.9 Å². The number of piperidine rings is 1. The lowest BCUT2D eigenvalue weighted by molar-refractivity contribution is -0.150. The molecular weight excluding hydrogens is 358 g/mol. The van der Waals surface area contributed by atoms with Gasteiger partial charge in [0.15, 0.2) is 0 Å². The van der Waals surface area contributed by atoms with Crippen molar-refractivity contribution in [3.05, 3.63) is 34.3 Å². The molecule has 5 heteroatoms. The van der Waals surface area contributed by atoms with Crippen LogP contribution in [0.25, 0.3) is 0 Å². The first-order chi connectivity index (χ1) is 10.9. The third-order valence-electron chi connectivity index (χ3n) is 4.80. The summed E-state index contributed by atoms with van der Waals surface area (Å²) in [6.07, 6.45) is 2.87. The molecule has 0 spiro atoms. The second kappa shape index (κ2) is 7.95. The van der Waals surface area contributed by atoms with Gasteiger partial charge in [-0.15, -0.1) is 0 Å². The van der Waals surface area contributed by atoms with Crippen LogP contribution < -0.4 is 0 Å². The number of nitrogens with zero attached hydrogens (tertiary/aromatic N) is 1. The fourth-order valence-corrected chi connectivity index (χ4v) is 3.82. The number of carbonyl (C=O) groups excluding carboxylic acids is 1. The van der Waals surface area contributed by atoms with Gasteiger partial charge in [0.1, 0.15) is 0 Å². The highest BCUT2D eigenvalue weighted by atomic mass is 79.9. The van der Waals surface area contributed by atoms with Crippen LogP contribution in [0.4, 0.5) is 0 Å². The maximum atomic E-state index is 12.9. The number of hydrogen-bond donors (Lipinski definition) is 1. The smallest absolute Gasteiger partial charge is 0.308 e. The Morgan fingerprint density at radius 1 is 1.43 bits per heavy atom. The van der Waals surface area contributed by atoms with Crippen LogP contribution in [0.15, 0.2) is 28.7 Å². The van der Waals surface area contributed by atoms with Crippen molar-refractivity contribution in [1.29, 1.82) is 0 Å². The number of benzene rings is 1. The van der Waals surface area contributed by atoms with Gasteiger partial charge < -0.3 is 10.0 Å². The zero-order valence-electron chi connectivity index (χ0n) is 13.7. The minimum absolute atomic E-state index is 0.0888. The van der Waals surface area contributed by atoms with E-state index in [0.29, 0.717) is 19.4 Å². The van der Waals surface area contributed by atoms with Crippen molar-refractivity contribution in [2.24, 2.45) is 11.8 Å². The Morgan fingerprint density at radius 2 is 2.17 bits per heavy atom. The average Bonchev–Trinajstić information content (AvgIpc) is 2.52. The van der Waals surface area contributed by atoms with Gasteiger partial charge in [-0.25, -0.2) is 0 Å². The topological polar surface area (TPSA) is 57.6 Å². The van der Waals surface area contributed by atoms with Gasteiger partial charge >= 0.3 is 5.97 Å². The predicted octanol–water partition coefficient (Wildman–Crippen LogP) is 3.73. The molecule has 1 aromatic rings. The lowest BCUT2D eigenvalue weighted by Crippen LogP contribution is -2.51. The number of hydrogen-bond acceptors (Lipinski definition) is 2. The SMILES string of the molecule is CCC(Cc1cccc(Br)c1)C(=O)N1CCC[C@H](C(=O)O)[C@@H]1C. The van der Waals surface area contributed by atoms with Crippen LogP contribution in [-0.4, -0.2) is 34.5 Å². The first-order valence-corrected chi connectivity index (χ1v) is 9.01. The number of carboxylic acid groups (broad SMARTS) is 1. The van der Waals surface area contributed by atoms with Gasteiger partial charge in [-0.1, -0.05) is 35.0 Å². The molecular formula is C18H24BrNO3. The number of amides is 1. The van der Waals surface area contributed by atoms with E-state index in [-0.39, 0.29) is 17.9 Å². The number of likely N-dealkylation sites (tertiary alicyclic amines) is 1. The molecule has 1 heterocycles. The molecule has 1 saturated heterocycles. The maximum Gasteiger partial charge on any atom is 0.308 e. The Morgan fingerprint density at radius 3 is 2.78 bits per heavy atom. The fraction of sp³-hybridized carbons (Fsp3) is 0.556. The van der Waals surface area contributed by atoms with Gasteiger partial charge in [0, 0.05) is 23.0 Å². The van der Waals surface area contributed by atoms with Crippen LogP contribution in [0.5, 0.6) is 0 Å². The summed E-state index contributed by atoms with van der Waals surface area (Å²) in [4.78, 5) is 26.1. The molecule has 1 amide bonds. The van der Waals surface area contributed by atoms with Gasteiger partial charge in [0.2, 0.25) is 5.91 Å². The second-order valence-corrected chi connectivity index (χ2v) is 7.21. The van der Waals surface area contributed by atoms with Crippen molar-refractivity contribution in [2.45, 2.75) is 45.6 Å². The summed E-state index contributed by atoms with van der Waals surface area (Å²) in [6, 6.07) is 7.78. The van der Waals surface area contributed by atoms with Crippen molar-refractivity contribution in [3.8, 4) is 0 Å². The van der Waals surface area contributed by atoms with E-state index in [2.05, 4.69) is 15.9 Å². The Balaban J connectivity index is 2.11. The lowest BCUT2D eigenvalue weighted by Gasteiger charge is -2.39. The molecule has 1 unspecified atom stereocenters. The van der Waals surface area contributed by atoms with Gasteiger partial charge in [0.25, 0.3) is 0 Å². The molecule has 0 radical (unpaired) electrons. The first-order valence-electron chi connectivity index (χ1n) is 8.21. The summed E-state index contributed by atoms with van der Waals surface area (Å²) >= 11 is 3.46. The van der Waals surface area contributed by atoms with Crippen molar-refractivity contribution < 1.29 is 14.7 Å². The number of carboxylic acids is 1. The van der Waals surface area contributed by atoms with E-state index < -0.39 is 11.9 Å². The third kappa shape index (κ3) is 4.34. The van der Waals surface area contributed by atoms with E-state index in [4.69, 9.17) is 0 Å². The van der Waals surface area contributed by atoms with E-state index in [1.54, 1.807) is 4.90 Å². The Labute approximate surface area is 146 Å². The molecule has 1 aliphatic rings. The zero-order chi connectivity index (χ0) is 17.0. The van der Waals surface area contributed by atoms with Crippen molar-refractivity contribution in [2.75, 3.05) is 6.54 Å². The first kappa shape index (κ1) is 18.0. The van der Waals surface area contributed by atoms with E-state index >= 15 is 0 Å². The Bertz CT molecular complexity index is 575. The Kier molecular flexibility index (Phi) is 6.22. The number of aliphatic carboxylic acids is 1. The van der Waals surface area contributed by atoms with Crippen molar-refractivity contribution in [3.63, 3.8) is 0 Å². The molecule has 0 saturated carbocycles. The van der Waals surface area contributed by atoms with Crippen molar-refractivity contribution in [1.82, 2.24) is 4.90 Å². The summed E-state index contributed by atoms with van der Waals surface area (Å²) in [5.41, 5.74) is 1.12. The van der Waals surface area contributed by atoms with Crippen LogP contribution in [-0.2, 0) is 16.0 Å². The second-order valence-electron chi connectivity index (χ2n) is 6.30. The van der Waals surface area contributed by atoms with E-state index in [1.165, 1.54) is 0 Å². The van der Waals surface area contributed by atoms with Crippen LogP contribution in [0, 0.1) is 11.8 Å². The van der Waals surface area contributed by atoms with Gasteiger partial charge in [-0.3, -0.25) is 9.59 Å². The van der Waals surface area contributed by atoms with E-state index in [1.807, 2.05) is 38.1 Å². The minimum atomic E-state index is -0.796. The Hall–Kier alpha value is -1.36. The minimum Gasteiger partial charge on any atom is -0.481 e. The summed E-state index contributed by atoms with van der Waals surface area (Å²) in [6.45, 7) is 4.55. The summed E-state index contributed by atoms with van der Waals surface area (Å²) in [5.74, 6) is -1.25. The highest BCUT2D eigenvalue weighted by molar-refractivity contribution is 9.10. The predicted molar refractivity (Wildman–Crippen MR) is 93.2 cm³/mol. The van der Waals surface area contributed by atoms with Crippen molar-refractivity contribution >= 4 is 27.8 Å². The van der Waals surface area contributed by atoms with Crippen LogP contribution >= 0.6 is 15.9 Å². The molecule has 4 nitrogen and oxygen atoms in total. The van der Waals surface area contributed by atoms with Gasteiger partial charge in [-0.05, 0) is 50.3 Å². The molecule has 23 heavy (non-hydrogen) atoms. The van der Waals surface area contributed by atoms with Crippen LogP contribution in [0.1, 0.15) is 38.7 Å². The number of rotatable bonds is 5. The molecule has 0 aromatic heterocycles. The molecule has 0 bridgehead atoms. The third-order valence-corrected chi connectivity index (χ3v) is 5.29. The van der Waals surface area contributed by atoms with Gasteiger partial charge in [0.05, 0.1) is 5.92 Å². The lowest BCUT2D eigenvalue weighted by atomic mass is 9.87.